The fraction of sp³-hybridized carbons (Fsp3) is 0.645. The maximum atomic E-state index is 15.1. The van der Waals surface area contributed by atoms with Crippen molar-refractivity contribution in [2.45, 2.75) is 95.6 Å². The minimum atomic E-state index is -4.83. The summed E-state index contributed by atoms with van der Waals surface area (Å²) >= 11 is 0. The second-order valence-electron chi connectivity index (χ2n) is 14.0. The largest absolute Gasteiger partial charge is 0.433 e. The van der Waals surface area contributed by atoms with Crippen LogP contribution in [0.4, 0.5) is 32.6 Å². The van der Waals surface area contributed by atoms with E-state index in [1.54, 1.807) is 10.9 Å². The number of hydrogen-bond donors (Lipinski definition) is 0. The number of rotatable bonds is 9. The minimum absolute atomic E-state index is 0.00384. The molecular weight excluding hydrogens is 615 g/mol. The van der Waals surface area contributed by atoms with E-state index < -0.39 is 40.2 Å². The normalized spacial score (nSPS) is 23.8. The van der Waals surface area contributed by atoms with E-state index in [9.17, 15) is 22.4 Å². The lowest BCUT2D eigenvalue weighted by Gasteiger charge is -2.53. The molecule has 3 aromatic rings. The zero-order valence-electron chi connectivity index (χ0n) is 26.2. The fourth-order valence-electron chi connectivity index (χ4n) is 6.48. The molecule has 4 heterocycles. The molecule has 3 saturated carbocycles. The summed E-state index contributed by atoms with van der Waals surface area (Å²) in [6.07, 6.45) is 1.65. The van der Waals surface area contributed by atoms with Gasteiger partial charge >= 0.3 is 12.3 Å². The van der Waals surface area contributed by atoms with Gasteiger partial charge in [0, 0.05) is 41.7 Å². The van der Waals surface area contributed by atoms with Crippen molar-refractivity contribution in [1.82, 2.24) is 24.9 Å². The molecule has 3 aliphatic carbocycles. The Hall–Kier alpha value is -3.62. The van der Waals surface area contributed by atoms with Gasteiger partial charge in [-0.15, -0.1) is 0 Å². The van der Waals surface area contributed by atoms with Crippen LogP contribution in [0.3, 0.4) is 0 Å². The summed E-state index contributed by atoms with van der Waals surface area (Å²) in [4.78, 5) is 23.2. The molecule has 1 aliphatic heterocycles. The number of hydrogen-bond acceptors (Lipinski definition) is 8. The number of halogens is 5. The molecular formula is C31H37F5N6O4. The summed E-state index contributed by atoms with van der Waals surface area (Å²) in [6.45, 7) is 6.06. The molecule has 250 valence electrons. The van der Waals surface area contributed by atoms with Crippen molar-refractivity contribution in [2.75, 3.05) is 24.7 Å². The molecule has 7 rings (SSSR count). The predicted molar refractivity (Wildman–Crippen MR) is 154 cm³/mol. The van der Waals surface area contributed by atoms with Crippen molar-refractivity contribution in [2.24, 2.45) is 11.3 Å². The van der Waals surface area contributed by atoms with Gasteiger partial charge in [-0.25, -0.2) is 18.6 Å². The van der Waals surface area contributed by atoms with Crippen molar-refractivity contribution in [3.8, 4) is 11.1 Å². The van der Waals surface area contributed by atoms with Crippen molar-refractivity contribution in [1.29, 1.82) is 0 Å². The lowest BCUT2D eigenvalue weighted by molar-refractivity contribution is -0.243. The number of carbonyl (C=O) groups is 1. The van der Waals surface area contributed by atoms with Crippen LogP contribution in [0.1, 0.15) is 77.9 Å². The van der Waals surface area contributed by atoms with Crippen LogP contribution in [-0.4, -0.2) is 62.5 Å². The quantitative estimate of drug-likeness (QED) is 0.230. The van der Waals surface area contributed by atoms with Gasteiger partial charge in [-0.05, 0) is 77.7 Å². The van der Waals surface area contributed by atoms with Crippen LogP contribution in [-0.2, 0) is 27.1 Å². The first kappa shape index (κ1) is 32.3. The highest BCUT2D eigenvalue weighted by atomic mass is 19.4. The molecule has 0 radical (unpaired) electrons. The number of alkyl halides is 4. The molecule has 0 unspecified atom stereocenters. The molecule has 1 amide bonds. The maximum Gasteiger partial charge on any atom is 0.427 e. The van der Waals surface area contributed by atoms with Gasteiger partial charge in [0.15, 0.2) is 11.5 Å². The Labute approximate surface area is 262 Å². The number of nitrogens with zero attached hydrogens (tertiary/aromatic N) is 6. The second kappa shape index (κ2) is 11.3. The van der Waals surface area contributed by atoms with Crippen LogP contribution in [0.15, 0.2) is 29.2 Å². The van der Waals surface area contributed by atoms with Crippen LogP contribution in [0.5, 0.6) is 0 Å². The lowest BCUT2D eigenvalue weighted by atomic mass is 9.53. The molecule has 4 fully saturated rings. The Morgan fingerprint density at radius 2 is 1.74 bits per heavy atom. The second-order valence-corrected chi connectivity index (χ2v) is 14.0. The van der Waals surface area contributed by atoms with Crippen LogP contribution < -0.4 is 4.90 Å². The first-order valence-corrected chi connectivity index (χ1v) is 15.4. The highest BCUT2D eigenvalue weighted by Crippen LogP contribution is 2.58. The van der Waals surface area contributed by atoms with Gasteiger partial charge in [0.05, 0.1) is 25.6 Å². The van der Waals surface area contributed by atoms with E-state index in [4.69, 9.17) is 14.0 Å². The van der Waals surface area contributed by atoms with Crippen LogP contribution in [0, 0.1) is 17.2 Å². The van der Waals surface area contributed by atoms with Crippen molar-refractivity contribution >= 4 is 11.9 Å². The van der Waals surface area contributed by atoms with Crippen LogP contribution in [0.2, 0.25) is 0 Å². The number of anilines is 1. The van der Waals surface area contributed by atoms with Gasteiger partial charge in [-0.1, -0.05) is 5.16 Å². The van der Waals surface area contributed by atoms with E-state index in [1.807, 2.05) is 0 Å². The third-order valence-corrected chi connectivity index (χ3v) is 9.76. The van der Waals surface area contributed by atoms with Crippen LogP contribution >= 0.6 is 0 Å². The number of aromatic nitrogens is 5. The SMILES string of the molecule is CC(C)(F)c1nc(C23CCC(CN(C(=O)OC(C)(C)C(F)(F)F)c4cc(-c5cnn(CC6COC6)c5)c(F)cn4)(CC2)CC3)no1. The van der Waals surface area contributed by atoms with E-state index in [1.165, 1.54) is 26.1 Å². The first-order valence-electron chi connectivity index (χ1n) is 15.4. The number of pyridine rings is 1. The molecule has 0 N–H and O–H groups in total. The van der Waals surface area contributed by atoms with Crippen molar-refractivity contribution in [3.05, 3.63) is 42.2 Å². The standard InChI is InChI=1S/C31H37F5N6O4/c1-27(2,33)25-39-24(40-46-25)30-8-5-29(6-9-30,7-10-30)18-42(26(43)45-28(3,4)31(34,35)36)23-11-21(22(32)13-37-23)20-12-38-41(15-20)14-19-16-44-17-19/h11-13,15,19H,5-10,14,16-18H2,1-4H3. The Balaban J connectivity index is 1.27. The Bertz CT molecular complexity index is 1570. The number of amides is 1. The molecule has 10 nitrogen and oxygen atoms in total. The Kier molecular flexibility index (Phi) is 7.92. The summed E-state index contributed by atoms with van der Waals surface area (Å²) < 4.78 is 88.1. The van der Waals surface area contributed by atoms with Crippen molar-refractivity contribution in [3.63, 3.8) is 0 Å². The number of fused-ring (bicyclic) bond motifs is 3. The van der Waals surface area contributed by atoms with E-state index in [0.717, 1.165) is 24.9 Å². The van der Waals surface area contributed by atoms with E-state index in [2.05, 4.69) is 20.2 Å². The minimum Gasteiger partial charge on any atom is -0.433 e. The molecule has 15 heteroatoms. The average molecular weight is 653 g/mol. The lowest BCUT2D eigenvalue weighted by Crippen LogP contribution is -2.53. The number of carbonyl (C=O) groups excluding carboxylic acids is 1. The monoisotopic (exact) mass is 652 g/mol. The fourth-order valence-corrected chi connectivity index (χ4v) is 6.48. The topological polar surface area (TPSA) is 108 Å². The smallest absolute Gasteiger partial charge is 0.427 e. The Morgan fingerprint density at radius 3 is 2.30 bits per heavy atom. The molecule has 2 bridgehead atoms. The highest BCUT2D eigenvalue weighted by Gasteiger charge is 2.55. The zero-order valence-corrected chi connectivity index (χ0v) is 26.2. The number of ether oxygens (including phenoxy) is 2. The summed E-state index contributed by atoms with van der Waals surface area (Å²) in [7, 11) is 0. The van der Waals surface area contributed by atoms with Gasteiger partial charge < -0.3 is 14.0 Å². The molecule has 3 aromatic heterocycles. The molecule has 46 heavy (non-hydrogen) atoms. The summed E-state index contributed by atoms with van der Waals surface area (Å²) in [5, 5.41) is 8.41. The highest BCUT2D eigenvalue weighted by molar-refractivity contribution is 5.88. The van der Waals surface area contributed by atoms with Gasteiger partial charge in [0.1, 0.15) is 11.6 Å². The molecule has 0 atom stereocenters. The Morgan fingerprint density at radius 1 is 1.07 bits per heavy atom. The van der Waals surface area contributed by atoms with Crippen molar-refractivity contribution < 1.29 is 40.7 Å². The van der Waals surface area contributed by atoms with E-state index in [0.29, 0.717) is 75.6 Å². The van der Waals surface area contributed by atoms with Gasteiger partial charge in [-0.3, -0.25) is 9.58 Å². The maximum absolute atomic E-state index is 15.1. The van der Waals surface area contributed by atoms with Crippen LogP contribution in [0.25, 0.3) is 11.1 Å². The average Bonchev–Trinajstić information content (AvgIpc) is 3.65. The molecule has 0 aromatic carbocycles. The van der Waals surface area contributed by atoms with Gasteiger partial charge in [0.2, 0.25) is 5.60 Å². The third kappa shape index (κ3) is 6.09. The zero-order chi connectivity index (χ0) is 33.1. The summed E-state index contributed by atoms with van der Waals surface area (Å²) in [5.74, 6) is -0.0616. The molecule has 1 saturated heterocycles. The molecule has 0 spiro atoms. The van der Waals surface area contributed by atoms with Gasteiger partial charge in [0.25, 0.3) is 5.89 Å². The summed E-state index contributed by atoms with van der Waals surface area (Å²) in [5.41, 5.74) is -4.96. The molecule has 4 aliphatic rings. The predicted octanol–water partition coefficient (Wildman–Crippen LogP) is 6.89. The third-order valence-electron chi connectivity index (χ3n) is 9.76. The summed E-state index contributed by atoms with van der Waals surface area (Å²) in [6, 6.07) is 1.34. The van der Waals surface area contributed by atoms with E-state index in [-0.39, 0.29) is 23.8 Å². The van der Waals surface area contributed by atoms with Gasteiger partial charge in [-0.2, -0.15) is 23.3 Å². The van der Waals surface area contributed by atoms with E-state index >= 15 is 4.39 Å². The first-order chi connectivity index (χ1) is 21.5.